The van der Waals surface area contributed by atoms with Gasteiger partial charge in [0.25, 0.3) is 5.91 Å². The molecule has 0 aliphatic rings. The van der Waals surface area contributed by atoms with Gasteiger partial charge in [-0.3, -0.25) is 4.79 Å². The number of rotatable bonds is 2. The first-order valence-corrected chi connectivity index (χ1v) is 6.65. The van der Waals surface area contributed by atoms with Gasteiger partial charge < -0.3 is 11.1 Å². The number of carbonyl (C=O) groups excluding carboxylic acids is 1. The lowest BCUT2D eigenvalue weighted by Gasteiger charge is -2.06. The van der Waals surface area contributed by atoms with Crippen LogP contribution in [0.25, 0.3) is 0 Å². The van der Waals surface area contributed by atoms with Crippen molar-refractivity contribution in [3.05, 3.63) is 44.6 Å². The number of nitrogen functional groups attached to an aromatic ring is 1. The Morgan fingerprint density at radius 1 is 1.41 bits per heavy atom. The molecular weight excluding hydrogens is 300 g/mol. The average Bonchev–Trinajstić information content (AvgIpc) is 2.70. The molecule has 0 fully saturated rings. The van der Waals surface area contributed by atoms with Gasteiger partial charge in [0.2, 0.25) is 0 Å². The van der Waals surface area contributed by atoms with Crippen LogP contribution in [0.3, 0.4) is 0 Å². The molecule has 0 spiro atoms. The highest BCUT2D eigenvalue weighted by atomic mass is 79.9. The number of amides is 1. The van der Waals surface area contributed by atoms with Gasteiger partial charge in [-0.25, -0.2) is 0 Å². The minimum atomic E-state index is -0.0887. The Bertz CT molecular complexity index is 565. The van der Waals surface area contributed by atoms with Crippen LogP contribution in [0, 0.1) is 6.92 Å². The predicted octanol–water partition coefficient (Wildman–Crippen LogP) is 3.65. The summed E-state index contributed by atoms with van der Waals surface area (Å²) < 4.78 is 0.776. The lowest BCUT2D eigenvalue weighted by molar-refractivity contribution is 0.103. The van der Waals surface area contributed by atoms with E-state index in [1.165, 1.54) is 11.3 Å². The second-order valence-corrected chi connectivity index (χ2v) is 5.39. The first-order chi connectivity index (χ1) is 8.08. The summed E-state index contributed by atoms with van der Waals surface area (Å²) in [6.45, 7) is 1.92. The van der Waals surface area contributed by atoms with Crippen LogP contribution in [0.4, 0.5) is 11.4 Å². The number of aryl methyl sites for hydroxylation is 1. The molecule has 2 aromatic rings. The maximum absolute atomic E-state index is 11.9. The van der Waals surface area contributed by atoms with Gasteiger partial charge >= 0.3 is 0 Å². The fraction of sp³-hybridized carbons (Fsp3) is 0.0833. The van der Waals surface area contributed by atoms with Gasteiger partial charge in [0, 0.05) is 15.8 Å². The molecule has 1 aromatic heterocycles. The lowest BCUT2D eigenvalue weighted by atomic mass is 10.2. The van der Waals surface area contributed by atoms with Crippen molar-refractivity contribution in [2.45, 2.75) is 6.92 Å². The van der Waals surface area contributed by atoms with E-state index < -0.39 is 0 Å². The van der Waals surface area contributed by atoms with Gasteiger partial charge in [-0.2, -0.15) is 0 Å². The molecule has 0 radical (unpaired) electrons. The topological polar surface area (TPSA) is 55.1 Å². The summed E-state index contributed by atoms with van der Waals surface area (Å²) in [5.41, 5.74) is 8.04. The van der Waals surface area contributed by atoms with Gasteiger partial charge in [0.15, 0.2) is 0 Å². The average molecular weight is 311 g/mol. The zero-order valence-electron chi connectivity index (χ0n) is 9.16. The number of nitrogens with one attached hydrogen (secondary N) is 1. The van der Waals surface area contributed by atoms with E-state index in [0.717, 1.165) is 20.6 Å². The minimum Gasteiger partial charge on any atom is -0.398 e. The van der Waals surface area contributed by atoms with Crippen LogP contribution >= 0.6 is 27.3 Å². The molecule has 0 aliphatic carbocycles. The molecule has 0 bridgehead atoms. The highest BCUT2D eigenvalue weighted by molar-refractivity contribution is 9.10. The molecule has 3 nitrogen and oxygen atoms in total. The van der Waals surface area contributed by atoms with Crippen molar-refractivity contribution < 1.29 is 4.79 Å². The van der Waals surface area contributed by atoms with Crippen molar-refractivity contribution in [2.75, 3.05) is 11.1 Å². The molecule has 0 saturated heterocycles. The third-order valence-corrected chi connectivity index (χ3v) is 4.03. The van der Waals surface area contributed by atoms with E-state index in [2.05, 4.69) is 21.2 Å². The van der Waals surface area contributed by atoms with E-state index >= 15 is 0 Å². The van der Waals surface area contributed by atoms with E-state index in [9.17, 15) is 4.79 Å². The van der Waals surface area contributed by atoms with Crippen molar-refractivity contribution in [2.24, 2.45) is 0 Å². The molecular formula is C12H11BrN2OS. The molecule has 3 N–H and O–H groups in total. The standard InChI is InChI=1S/C12H11BrN2OS/c1-7-4-5-17-11(7)12(16)15-8-2-3-10(14)9(13)6-8/h2-6H,14H2,1H3,(H,15,16). The van der Waals surface area contributed by atoms with Crippen LogP contribution in [0.5, 0.6) is 0 Å². The molecule has 1 amide bonds. The van der Waals surface area contributed by atoms with Gasteiger partial charge in [-0.1, -0.05) is 0 Å². The van der Waals surface area contributed by atoms with Crippen molar-refractivity contribution in [3.8, 4) is 0 Å². The molecule has 0 aliphatic heterocycles. The Morgan fingerprint density at radius 2 is 2.18 bits per heavy atom. The van der Waals surface area contributed by atoms with Crippen molar-refractivity contribution >= 4 is 44.5 Å². The van der Waals surface area contributed by atoms with Crippen LogP contribution in [0.1, 0.15) is 15.2 Å². The predicted molar refractivity (Wildman–Crippen MR) is 75.6 cm³/mol. The summed E-state index contributed by atoms with van der Waals surface area (Å²) in [7, 11) is 0. The number of hydrogen-bond acceptors (Lipinski definition) is 3. The SMILES string of the molecule is Cc1ccsc1C(=O)Nc1ccc(N)c(Br)c1. The Hall–Kier alpha value is -1.33. The summed E-state index contributed by atoms with van der Waals surface area (Å²) in [5, 5.41) is 4.75. The number of hydrogen-bond donors (Lipinski definition) is 2. The fourth-order valence-electron chi connectivity index (χ4n) is 1.40. The lowest BCUT2D eigenvalue weighted by Crippen LogP contribution is -2.11. The number of halogens is 1. The zero-order valence-corrected chi connectivity index (χ0v) is 11.6. The molecule has 0 unspecified atom stereocenters. The second-order valence-electron chi connectivity index (χ2n) is 3.62. The molecule has 17 heavy (non-hydrogen) atoms. The fourth-order valence-corrected chi connectivity index (χ4v) is 2.60. The van der Waals surface area contributed by atoms with Crippen LogP contribution < -0.4 is 11.1 Å². The molecule has 2 rings (SSSR count). The van der Waals surface area contributed by atoms with Crippen LogP contribution in [-0.4, -0.2) is 5.91 Å². The van der Waals surface area contributed by atoms with Crippen molar-refractivity contribution in [1.82, 2.24) is 0 Å². The molecule has 0 saturated carbocycles. The van der Waals surface area contributed by atoms with E-state index in [1.54, 1.807) is 18.2 Å². The van der Waals surface area contributed by atoms with Crippen LogP contribution in [-0.2, 0) is 0 Å². The molecule has 5 heteroatoms. The number of benzene rings is 1. The van der Waals surface area contributed by atoms with E-state index in [0.29, 0.717) is 5.69 Å². The summed E-state index contributed by atoms with van der Waals surface area (Å²) in [5.74, 6) is -0.0887. The number of thiophene rings is 1. The largest absolute Gasteiger partial charge is 0.398 e. The van der Waals surface area contributed by atoms with Crippen LogP contribution in [0.2, 0.25) is 0 Å². The summed E-state index contributed by atoms with van der Waals surface area (Å²) in [4.78, 5) is 12.7. The molecule has 1 heterocycles. The van der Waals surface area contributed by atoms with Crippen LogP contribution in [0.15, 0.2) is 34.1 Å². The maximum Gasteiger partial charge on any atom is 0.265 e. The number of carbonyl (C=O) groups is 1. The van der Waals surface area contributed by atoms with Gasteiger partial charge in [-0.05, 0) is 58.1 Å². The van der Waals surface area contributed by atoms with Gasteiger partial charge in [0.05, 0.1) is 4.88 Å². The smallest absolute Gasteiger partial charge is 0.265 e. The quantitative estimate of drug-likeness (QED) is 0.832. The third-order valence-electron chi connectivity index (χ3n) is 2.33. The zero-order chi connectivity index (χ0) is 12.4. The van der Waals surface area contributed by atoms with Crippen molar-refractivity contribution in [1.29, 1.82) is 0 Å². The monoisotopic (exact) mass is 310 g/mol. The maximum atomic E-state index is 11.9. The van der Waals surface area contributed by atoms with Gasteiger partial charge in [0.1, 0.15) is 0 Å². The van der Waals surface area contributed by atoms with Gasteiger partial charge in [-0.15, -0.1) is 11.3 Å². The summed E-state index contributed by atoms with van der Waals surface area (Å²) in [6, 6.07) is 7.25. The normalized spacial score (nSPS) is 10.2. The van der Waals surface area contributed by atoms with E-state index in [4.69, 9.17) is 5.73 Å². The minimum absolute atomic E-state index is 0.0887. The Labute approximate surface area is 112 Å². The number of anilines is 2. The molecule has 0 atom stereocenters. The first-order valence-electron chi connectivity index (χ1n) is 4.98. The second kappa shape index (κ2) is 4.89. The number of nitrogens with two attached hydrogens (primary N) is 1. The van der Waals surface area contributed by atoms with E-state index in [-0.39, 0.29) is 5.91 Å². The molecule has 88 valence electrons. The van der Waals surface area contributed by atoms with Crippen molar-refractivity contribution in [3.63, 3.8) is 0 Å². The highest BCUT2D eigenvalue weighted by Crippen LogP contribution is 2.24. The Balaban J connectivity index is 2.19. The third kappa shape index (κ3) is 2.68. The Kier molecular flexibility index (Phi) is 3.49. The molecule has 1 aromatic carbocycles. The summed E-state index contributed by atoms with van der Waals surface area (Å²) >= 11 is 4.76. The van der Waals surface area contributed by atoms with E-state index in [1.807, 2.05) is 18.4 Å². The highest BCUT2D eigenvalue weighted by Gasteiger charge is 2.10. The summed E-state index contributed by atoms with van der Waals surface area (Å²) in [6.07, 6.45) is 0. The Morgan fingerprint density at radius 3 is 2.76 bits per heavy atom. The first kappa shape index (κ1) is 12.1.